The average molecular weight is 236 g/mol. The van der Waals surface area contributed by atoms with Crippen LogP contribution in [0.1, 0.15) is 18.1 Å². The highest BCUT2D eigenvalue weighted by molar-refractivity contribution is 5.70. The minimum absolute atomic E-state index is 0.425. The van der Waals surface area contributed by atoms with Gasteiger partial charge in [-0.25, -0.2) is 0 Å². The molecule has 0 aliphatic carbocycles. The lowest BCUT2D eigenvalue weighted by Gasteiger charge is -2.23. The van der Waals surface area contributed by atoms with Crippen LogP contribution in [0.2, 0.25) is 0 Å². The summed E-state index contributed by atoms with van der Waals surface area (Å²) >= 11 is 0. The lowest BCUT2D eigenvalue weighted by molar-refractivity contribution is -0.141. The topological polar surface area (TPSA) is 55.8 Å². The number of carboxylic acids is 1. The number of hydrogen-bond acceptors (Lipinski definition) is 3. The van der Waals surface area contributed by atoms with Crippen LogP contribution in [-0.2, 0) is 11.2 Å². The third-order valence-corrected chi connectivity index (χ3v) is 2.98. The number of carbonyl (C=O) groups is 1. The van der Waals surface area contributed by atoms with Crippen LogP contribution in [0.4, 0.5) is 0 Å². The Hall–Kier alpha value is -1.71. The minimum atomic E-state index is -0.793. The van der Waals surface area contributed by atoms with Gasteiger partial charge in [0.25, 0.3) is 0 Å². The first-order valence-electron chi connectivity index (χ1n) is 5.70. The maximum Gasteiger partial charge on any atom is 0.306 e. The molecule has 4 nitrogen and oxygen atoms in total. The Labute approximate surface area is 100 Å². The second kappa shape index (κ2) is 4.65. The fourth-order valence-corrected chi connectivity index (χ4v) is 1.92. The number of rotatable bonds is 3. The van der Waals surface area contributed by atoms with Gasteiger partial charge >= 0.3 is 5.97 Å². The molecule has 1 aromatic rings. The third kappa shape index (κ3) is 2.35. The van der Waals surface area contributed by atoms with E-state index in [2.05, 4.69) is 0 Å². The second-order valence-corrected chi connectivity index (χ2v) is 4.33. The van der Waals surface area contributed by atoms with Crippen molar-refractivity contribution in [3.63, 3.8) is 0 Å². The lowest BCUT2D eigenvalue weighted by Crippen LogP contribution is -2.19. The van der Waals surface area contributed by atoms with E-state index in [4.69, 9.17) is 14.6 Å². The SMILES string of the molecule is Cc1ccc2c(c1CC(C)C(=O)O)OCCO2. The van der Waals surface area contributed by atoms with Gasteiger partial charge in [0.2, 0.25) is 0 Å². The minimum Gasteiger partial charge on any atom is -0.486 e. The van der Waals surface area contributed by atoms with E-state index in [0.717, 1.165) is 16.9 Å². The molecule has 0 saturated heterocycles. The summed E-state index contributed by atoms with van der Waals surface area (Å²) in [5.74, 6) is 0.211. The second-order valence-electron chi connectivity index (χ2n) is 4.33. The Kier molecular flexibility index (Phi) is 3.22. The van der Waals surface area contributed by atoms with Crippen molar-refractivity contribution in [2.24, 2.45) is 5.92 Å². The molecule has 1 aliphatic heterocycles. The number of aryl methyl sites for hydroxylation is 1. The van der Waals surface area contributed by atoms with Gasteiger partial charge in [-0.15, -0.1) is 0 Å². The van der Waals surface area contributed by atoms with Crippen LogP contribution in [0, 0.1) is 12.8 Å². The Morgan fingerprint density at radius 1 is 1.41 bits per heavy atom. The number of benzene rings is 1. The van der Waals surface area contributed by atoms with Gasteiger partial charge in [0.1, 0.15) is 13.2 Å². The molecule has 92 valence electrons. The van der Waals surface area contributed by atoms with Crippen LogP contribution in [0.15, 0.2) is 12.1 Å². The van der Waals surface area contributed by atoms with Crippen molar-refractivity contribution >= 4 is 5.97 Å². The Balaban J connectivity index is 2.34. The number of fused-ring (bicyclic) bond motifs is 1. The molecule has 0 radical (unpaired) electrons. The summed E-state index contributed by atoms with van der Waals surface area (Å²) in [6.07, 6.45) is 0.466. The van der Waals surface area contributed by atoms with Crippen molar-refractivity contribution < 1.29 is 19.4 Å². The predicted octanol–water partition coefficient (Wildman–Crippen LogP) is 2.03. The van der Waals surface area contributed by atoms with Crippen molar-refractivity contribution in [2.45, 2.75) is 20.3 Å². The van der Waals surface area contributed by atoms with Gasteiger partial charge in [0.05, 0.1) is 5.92 Å². The Morgan fingerprint density at radius 3 is 2.82 bits per heavy atom. The van der Waals surface area contributed by atoms with Crippen molar-refractivity contribution in [3.8, 4) is 11.5 Å². The first kappa shape index (κ1) is 11.8. The maximum absolute atomic E-state index is 10.9. The number of ether oxygens (including phenoxy) is 2. The molecule has 1 aliphatic rings. The molecule has 0 amide bonds. The van der Waals surface area contributed by atoms with Crippen molar-refractivity contribution in [3.05, 3.63) is 23.3 Å². The van der Waals surface area contributed by atoms with Gasteiger partial charge in [-0.1, -0.05) is 13.0 Å². The molecule has 1 atom stereocenters. The summed E-state index contributed by atoms with van der Waals surface area (Å²) in [4.78, 5) is 10.9. The molecule has 0 spiro atoms. The average Bonchev–Trinajstić information content (AvgIpc) is 2.32. The van der Waals surface area contributed by atoms with E-state index in [-0.39, 0.29) is 0 Å². The van der Waals surface area contributed by atoms with Crippen molar-refractivity contribution in [1.82, 2.24) is 0 Å². The van der Waals surface area contributed by atoms with Crippen molar-refractivity contribution in [2.75, 3.05) is 13.2 Å². The van der Waals surface area contributed by atoms with Crippen LogP contribution >= 0.6 is 0 Å². The largest absolute Gasteiger partial charge is 0.486 e. The Bertz CT molecular complexity index is 439. The molecule has 1 aromatic carbocycles. The highest BCUT2D eigenvalue weighted by atomic mass is 16.6. The molecule has 1 unspecified atom stereocenters. The van der Waals surface area contributed by atoms with Gasteiger partial charge in [-0.3, -0.25) is 4.79 Å². The zero-order valence-electron chi connectivity index (χ0n) is 10.0. The van der Waals surface area contributed by atoms with Crippen LogP contribution < -0.4 is 9.47 Å². The highest BCUT2D eigenvalue weighted by Crippen LogP contribution is 2.37. The number of hydrogen-bond donors (Lipinski definition) is 1. The lowest BCUT2D eigenvalue weighted by atomic mass is 9.96. The number of aliphatic carboxylic acids is 1. The van der Waals surface area contributed by atoms with Gasteiger partial charge in [-0.05, 0) is 25.0 Å². The standard InChI is InChI=1S/C13H16O4/c1-8-3-4-11-12(17-6-5-16-11)10(8)7-9(2)13(14)15/h3-4,9H,5-7H2,1-2H3,(H,14,15). The smallest absolute Gasteiger partial charge is 0.306 e. The first-order chi connectivity index (χ1) is 8.09. The molecule has 0 saturated carbocycles. The number of carboxylic acid groups (broad SMARTS) is 1. The zero-order valence-corrected chi connectivity index (χ0v) is 10.0. The maximum atomic E-state index is 10.9. The van der Waals surface area contributed by atoms with E-state index >= 15 is 0 Å². The van der Waals surface area contributed by atoms with Gasteiger partial charge < -0.3 is 14.6 Å². The molecular weight excluding hydrogens is 220 g/mol. The summed E-state index contributed by atoms with van der Waals surface area (Å²) in [5.41, 5.74) is 1.99. The summed E-state index contributed by atoms with van der Waals surface area (Å²) in [6, 6.07) is 3.82. The fourth-order valence-electron chi connectivity index (χ4n) is 1.92. The molecular formula is C13H16O4. The summed E-state index contributed by atoms with van der Waals surface area (Å²) in [5, 5.41) is 8.97. The van der Waals surface area contributed by atoms with E-state index < -0.39 is 11.9 Å². The summed E-state index contributed by atoms with van der Waals surface area (Å²) in [6.45, 7) is 4.72. The van der Waals surface area contributed by atoms with Crippen LogP contribution in [0.3, 0.4) is 0 Å². The van der Waals surface area contributed by atoms with Crippen LogP contribution in [0.25, 0.3) is 0 Å². The van der Waals surface area contributed by atoms with E-state index in [1.165, 1.54) is 0 Å². The van der Waals surface area contributed by atoms with Crippen molar-refractivity contribution in [1.29, 1.82) is 0 Å². The highest BCUT2D eigenvalue weighted by Gasteiger charge is 2.21. The molecule has 4 heteroatoms. The molecule has 0 fully saturated rings. The molecule has 0 bridgehead atoms. The van der Waals surface area contributed by atoms with Gasteiger partial charge in [-0.2, -0.15) is 0 Å². The third-order valence-electron chi connectivity index (χ3n) is 2.98. The summed E-state index contributed by atoms with van der Waals surface area (Å²) < 4.78 is 11.1. The molecule has 17 heavy (non-hydrogen) atoms. The van der Waals surface area contributed by atoms with Crippen LogP contribution in [-0.4, -0.2) is 24.3 Å². The molecule has 1 heterocycles. The normalized spacial score (nSPS) is 15.4. The van der Waals surface area contributed by atoms with E-state index in [1.807, 2.05) is 19.1 Å². The summed E-state index contributed by atoms with van der Waals surface area (Å²) in [7, 11) is 0. The molecule has 0 aromatic heterocycles. The predicted molar refractivity (Wildman–Crippen MR) is 62.7 cm³/mol. The quantitative estimate of drug-likeness (QED) is 0.872. The van der Waals surface area contributed by atoms with Gasteiger partial charge in [0.15, 0.2) is 11.5 Å². The van der Waals surface area contributed by atoms with E-state index in [0.29, 0.717) is 25.4 Å². The van der Waals surface area contributed by atoms with E-state index in [1.54, 1.807) is 6.92 Å². The fraction of sp³-hybridized carbons (Fsp3) is 0.462. The monoisotopic (exact) mass is 236 g/mol. The molecule has 2 rings (SSSR count). The zero-order chi connectivity index (χ0) is 12.4. The Morgan fingerprint density at radius 2 is 2.12 bits per heavy atom. The van der Waals surface area contributed by atoms with Crippen LogP contribution in [0.5, 0.6) is 11.5 Å². The van der Waals surface area contributed by atoms with Gasteiger partial charge in [0, 0.05) is 5.56 Å². The molecule has 1 N–H and O–H groups in total. The first-order valence-corrected chi connectivity index (χ1v) is 5.70. The van der Waals surface area contributed by atoms with E-state index in [9.17, 15) is 4.79 Å².